The molecule has 0 heterocycles. The fraction of sp³-hybridized carbons (Fsp3) is 0.533. The number of phenols is 1. The molecule has 2 aliphatic carbocycles. The van der Waals surface area contributed by atoms with Crippen molar-refractivity contribution in [3.8, 4) is 5.75 Å². The van der Waals surface area contributed by atoms with Crippen molar-refractivity contribution in [2.75, 3.05) is 6.54 Å². The second-order valence-corrected chi connectivity index (χ2v) is 6.01. The zero-order valence-corrected chi connectivity index (χ0v) is 11.6. The molecule has 6 heteroatoms. The molecule has 0 unspecified atom stereocenters. The highest BCUT2D eigenvalue weighted by molar-refractivity contribution is 5.95. The smallest absolute Gasteiger partial charge is 0.310 e. The summed E-state index contributed by atoms with van der Waals surface area (Å²) in [4.78, 5) is 22.0. The van der Waals surface area contributed by atoms with Gasteiger partial charge < -0.3 is 10.4 Å². The summed E-state index contributed by atoms with van der Waals surface area (Å²) < 4.78 is 0. The van der Waals surface area contributed by atoms with E-state index in [0.29, 0.717) is 12.5 Å². The first-order valence-electron chi connectivity index (χ1n) is 7.32. The molecule has 1 aromatic carbocycles. The minimum Gasteiger partial charge on any atom is -0.502 e. The Labute approximate surface area is 122 Å². The van der Waals surface area contributed by atoms with Gasteiger partial charge in [-0.2, -0.15) is 0 Å². The van der Waals surface area contributed by atoms with Crippen molar-refractivity contribution >= 4 is 11.6 Å². The zero-order chi connectivity index (χ0) is 15.0. The number of phenolic OH excluding ortho intramolecular Hbond substituents is 1. The number of hydrogen-bond donors (Lipinski definition) is 2. The number of nitro benzene ring substituents is 1. The highest BCUT2D eigenvalue weighted by Gasteiger charge is 2.41. The first kappa shape index (κ1) is 13.9. The number of aromatic hydroxyl groups is 1. The van der Waals surface area contributed by atoms with E-state index in [-0.39, 0.29) is 17.2 Å². The normalized spacial score (nSPS) is 17.8. The van der Waals surface area contributed by atoms with Crippen molar-refractivity contribution < 1.29 is 14.8 Å². The summed E-state index contributed by atoms with van der Waals surface area (Å²) >= 11 is 0. The average Bonchev–Trinajstić information content (AvgIpc) is 3.31. The van der Waals surface area contributed by atoms with Gasteiger partial charge in [-0.25, -0.2) is 0 Å². The molecule has 0 atom stereocenters. The predicted octanol–water partition coefficient (Wildman–Crippen LogP) is 2.47. The van der Waals surface area contributed by atoms with Crippen molar-refractivity contribution in [3.63, 3.8) is 0 Å². The van der Waals surface area contributed by atoms with Crippen molar-refractivity contribution in [1.29, 1.82) is 0 Å². The van der Waals surface area contributed by atoms with Gasteiger partial charge in [0.1, 0.15) is 0 Å². The van der Waals surface area contributed by atoms with Crippen molar-refractivity contribution in [2.45, 2.75) is 25.7 Å². The number of nitrogens with one attached hydrogen (secondary N) is 1. The maximum atomic E-state index is 12.1. The first-order chi connectivity index (χ1) is 10.1. The summed E-state index contributed by atoms with van der Waals surface area (Å²) in [5, 5.41) is 23.1. The molecule has 0 spiro atoms. The maximum absolute atomic E-state index is 12.1. The van der Waals surface area contributed by atoms with E-state index < -0.39 is 10.7 Å². The molecule has 0 bridgehead atoms. The summed E-state index contributed by atoms with van der Waals surface area (Å²) in [6, 6.07) is 3.68. The van der Waals surface area contributed by atoms with E-state index in [0.717, 1.165) is 24.0 Å². The van der Waals surface area contributed by atoms with Crippen LogP contribution in [0.3, 0.4) is 0 Å². The number of hydrogen-bond acceptors (Lipinski definition) is 4. The number of nitro groups is 1. The lowest BCUT2D eigenvalue weighted by Crippen LogP contribution is -2.31. The topological polar surface area (TPSA) is 92.5 Å². The predicted molar refractivity (Wildman–Crippen MR) is 76.0 cm³/mol. The molecule has 0 aromatic heterocycles. The molecule has 0 radical (unpaired) electrons. The van der Waals surface area contributed by atoms with Crippen molar-refractivity contribution in [2.24, 2.45) is 17.8 Å². The molecule has 1 aromatic rings. The van der Waals surface area contributed by atoms with E-state index in [1.165, 1.54) is 31.7 Å². The largest absolute Gasteiger partial charge is 0.502 e. The number of carbonyl (C=O) groups excluding carboxylic acids is 1. The molecule has 6 nitrogen and oxygen atoms in total. The Morgan fingerprint density at radius 1 is 1.33 bits per heavy atom. The number of benzene rings is 1. The lowest BCUT2D eigenvalue weighted by Gasteiger charge is -2.16. The molecule has 2 aliphatic rings. The van der Waals surface area contributed by atoms with Gasteiger partial charge in [-0.15, -0.1) is 0 Å². The van der Waals surface area contributed by atoms with Crippen molar-refractivity contribution in [1.82, 2.24) is 5.32 Å². The van der Waals surface area contributed by atoms with Crippen LogP contribution in [0.1, 0.15) is 36.0 Å². The molecule has 2 N–H and O–H groups in total. The molecule has 3 rings (SSSR count). The summed E-state index contributed by atoms with van der Waals surface area (Å²) in [6.07, 6.45) is 5.04. The minimum atomic E-state index is -0.673. The summed E-state index contributed by atoms with van der Waals surface area (Å²) in [7, 11) is 0. The van der Waals surface area contributed by atoms with Gasteiger partial charge in [-0.1, -0.05) is 0 Å². The van der Waals surface area contributed by atoms with Crippen LogP contribution in [0.5, 0.6) is 5.75 Å². The van der Waals surface area contributed by atoms with Crippen LogP contribution < -0.4 is 5.32 Å². The Morgan fingerprint density at radius 3 is 2.43 bits per heavy atom. The van der Waals surface area contributed by atoms with Crippen LogP contribution in [0.4, 0.5) is 5.69 Å². The van der Waals surface area contributed by atoms with Gasteiger partial charge in [-0.05, 0) is 55.6 Å². The Balaban J connectivity index is 1.62. The fourth-order valence-electron chi connectivity index (χ4n) is 2.90. The van der Waals surface area contributed by atoms with Gasteiger partial charge in [0, 0.05) is 18.2 Å². The Morgan fingerprint density at radius 2 is 1.95 bits per heavy atom. The fourth-order valence-corrected chi connectivity index (χ4v) is 2.90. The minimum absolute atomic E-state index is 0.253. The van der Waals surface area contributed by atoms with Gasteiger partial charge in [0.25, 0.3) is 5.91 Å². The van der Waals surface area contributed by atoms with Crippen LogP contribution in [0, 0.1) is 27.9 Å². The van der Waals surface area contributed by atoms with E-state index in [1.807, 2.05) is 0 Å². The van der Waals surface area contributed by atoms with Gasteiger partial charge >= 0.3 is 5.69 Å². The van der Waals surface area contributed by atoms with Crippen molar-refractivity contribution in [3.05, 3.63) is 33.9 Å². The summed E-state index contributed by atoms with van der Waals surface area (Å²) in [5.41, 5.74) is -0.135. The highest BCUT2D eigenvalue weighted by Crippen LogP contribution is 2.48. The summed E-state index contributed by atoms with van der Waals surface area (Å²) in [5.74, 6) is 1.31. The van der Waals surface area contributed by atoms with E-state index in [2.05, 4.69) is 5.32 Å². The Hall–Kier alpha value is -2.11. The third-order valence-electron chi connectivity index (χ3n) is 4.39. The first-order valence-corrected chi connectivity index (χ1v) is 7.32. The average molecular weight is 290 g/mol. The quantitative estimate of drug-likeness (QED) is 0.621. The molecular formula is C15H18N2O4. The summed E-state index contributed by atoms with van der Waals surface area (Å²) in [6.45, 7) is 0.659. The van der Waals surface area contributed by atoms with E-state index in [1.54, 1.807) is 0 Å². The number of rotatable bonds is 6. The Bertz CT molecular complexity index is 567. The van der Waals surface area contributed by atoms with E-state index in [9.17, 15) is 20.0 Å². The van der Waals surface area contributed by atoms with Gasteiger partial charge in [0.15, 0.2) is 5.75 Å². The molecule has 112 valence electrons. The monoisotopic (exact) mass is 290 g/mol. The van der Waals surface area contributed by atoms with Crippen LogP contribution in [0.15, 0.2) is 18.2 Å². The van der Waals surface area contributed by atoms with Crippen LogP contribution in [-0.4, -0.2) is 22.5 Å². The molecule has 2 saturated carbocycles. The van der Waals surface area contributed by atoms with E-state index in [4.69, 9.17) is 0 Å². The zero-order valence-electron chi connectivity index (χ0n) is 11.6. The van der Waals surface area contributed by atoms with Gasteiger partial charge in [0.05, 0.1) is 4.92 Å². The lowest BCUT2D eigenvalue weighted by atomic mass is 9.98. The van der Waals surface area contributed by atoms with E-state index >= 15 is 0 Å². The third-order valence-corrected chi connectivity index (χ3v) is 4.39. The van der Waals surface area contributed by atoms with Gasteiger partial charge in [0.2, 0.25) is 0 Å². The van der Waals surface area contributed by atoms with Crippen LogP contribution in [0.25, 0.3) is 0 Å². The molecular weight excluding hydrogens is 272 g/mol. The number of nitrogens with zero attached hydrogens (tertiary/aromatic N) is 1. The molecule has 1 amide bonds. The Kier molecular flexibility index (Phi) is 3.53. The van der Waals surface area contributed by atoms with Gasteiger partial charge in [-0.3, -0.25) is 14.9 Å². The second-order valence-electron chi connectivity index (χ2n) is 6.01. The molecule has 0 saturated heterocycles. The standard InChI is InChI=1S/C15H18N2O4/c18-14-7-11(5-6-13(14)17(20)21)15(19)16-8-12(9-1-2-9)10-3-4-10/h5-7,9-10,12,18H,1-4,8H2,(H,16,19). The molecule has 2 fully saturated rings. The molecule has 0 aliphatic heterocycles. The lowest BCUT2D eigenvalue weighted by molar-refractivity contribution is -0.385. The van der Waals surface area contributed by atoms with Crippen LogP contribution in [-0.2, 0) is 0 Å². The molecule has 21 heavy (non-hydrogen) atoms. The number of carbonyl (C=O) groups is 1. The van der Waals surface area contributed by atoms with Crippen LogP contribution in [0.2, 0.25) is 0 Å². The highest BCUT2D eigenvalue weighted by atomic mass is 16.6. The van der Waals surface area contributed by atoms with Crippen LogP contribution >= 0.6 is 0 Å². The maximum Gasteiger partial charge on any atom is 0.310 e. The number of amides is 1. The second kappa shape index (κ2) is 5.35. The SMILES string of the molecule is O=C(NCC(C1CC1)C1CC1)c1ccc([N+](=O)[O-])c(O)c1. The third kappa shape index (κ3) is 3.15.